The summed E-state index contributed by atoms with van der Waals surface area (Å²) < 4.78 is 0.543. The van der Waals surface area contributed by atoms with Crippen molar-refractivity contribution >= 4 is 44.1 Å². The number of amides is 1. The number of nitrogens with zero attached hydrogens (tertiary/aromatic N) is 1. The van der Waals surface area contributed by atoms with Gasteiger partial charge in [-0.05, 0) is 41.1 Å². The van der Waals surface area contributed by atoms with Crippen LogP contribution in [0.2, 0.25) is 0 Å². The van der Waals surface area contributed by atoms with Crippen molar-refractivity contribution in [3.8, 4) is 0 Å². The van der Waals surface area contributed by atoms with Crippen molar-refractivity contribution in [2.75, 3.05) is 5.32 Å². The Bertz CT molecular complexity index is 654. The molecule has 0 atom stereocenters. The molecule has 0 aliphatic heterocycles. The van der Waals surface area contributed by atoms with Crippen molar-refractivity contribution in [2.45, 2.75) is 6.92 Å². The number of aromatic carboxylic acids is 1. The first-order valence-corrected chi connectivity index (χ1v) is 6.86. The number of nitrogens with one attached hydrogen (secondary N) is 1. The van der Waals surface area contributed by atoms with E-state index in [9.17, 15) is 9.59 Å². The molecule has 2 rings (SSSR count). The van der Waals surface area contributed by atoms with E-state index in [4.69, 9.17) is 5.11 Å². The van der Waals surface area contributed by atoms with E-state index in [1.807, 2.05) is 0 Å². The fourth-order valence-electron chi connectivity index (χ4n) is 1.47. The number of pyridine rings is 1. The smallest absolute Gasteiger partial charge is 0.338 e. The first-order valence-electron chi connectivity index (χ1n) is 5.25. The zero-order valence-corrected chi connectivity index (χ0v) is 12.2. The lowest BCUT2D eigenvalue weighted by Crippen LogP contribution is -2.14. The van der Waals surface area contributed by atoms with Crippen LogP contribution in [0.25, 0.3) is 0 Å². The Kier molecular flexibility index (Phi) is 3.96. The molecule has 0 saturated heterocycles. The molecule has 98 valence electrons. The highest BCUT2D eigenvalue weighted by atomic mass is 79.9. The predicted molar refractivity (Wildman–Crippen MR) is 75.9 cm³/mol. The lowest BCUT2D eigenvalue weighted by Gasteiger charge is -2.03. The Hall–Kier alpha value is -1.73. The maximum Gasteiger partial charge on any atom is 0.338 e. The Balaban J connectivity index is 2.26. The summed E-state index contributed by atoms with van der Waals surface area (Å²) in [6.45, 7) is 1.78. The predicted octanol–water partition coefficient (Wildman–Crippen LogP) is 3.16. The summed E-state index contributed by atoms with van der Waals surface area (Å²) in [7, 11) is 0. The first-order chi connectivity index (χ1) is 8.97. The first kappa shape index (κ1) is 13.7. The second kappa shape index (κ2) is 5.50. The van der Waals surface area contributed by atoms with Crippen LogP contribution in [0, 0.1) is 6.92 Å². The van der Waals surface area contributed by atoms with Crippen molar-refractivity contribution in [2.24, 2.45) is 0 Å². The van der Waals surface area contributed by atoms with Crippen molar-refractivity contribution in [1.82, 2.24) is 4.98 Å². The van der Waals surface area contributed by atoms with Crippen LogP contribution < -0.4 is 5.32 Å². The lowest BCUT2D eigenvalue weighted by molar-refractivity contribution is 0.0698. The van der Waals surface area contributed by atoms with Gasteiger partial charge in [-0.3, -0.25) is 4.79 Å². The molecule has 5 nitrogen and oxygen atoms in total. The molecule has 19 heavy (non-hydrogen) atoms. The van der Waals surface area contributed by atoms with E-state index >= 15 is 0 Å². The number of rotatable bonds is 3. The molecule has 0 saturated carbocycles. The minimum Gasteiger partial charge on any atom is -0.478 e. The summed E-state index contributed by atoms with van der Waals surface area (Å²) in [6.07, 6.45) is 0. The number of aromatic nitrogens is 1. The Morgan fingerprint density at radius 3 is 2.79 bits per heavy atom. The molecule has 7 heteroatoms. The van der Waals surface area contributed by atoms with Gasteiger partial charge in [-0.15, -0.1) is 11.3 Å². The fourth-order valence-corrected chi connectivity index (χ4v) is 2.71. The normalized spacial score (nSPS) is 10.2. The van der Waals surface area contributed by atoms with Crippen LogP contribution >= 0.6 is 27.3 Å². The summed E-state index contributed by atoms with van der Waals surface area (Å²) in [5, 5.41) is 11.9. The molecular formula is C12H9BrN2O3S. The number of hydrogen-bond donors (Lipinski definition) is 2. The molecule has 0 unspecified atom stereocenters. The molecule has 0 radical (unpaired) electrons. The number of carbonyl (C=O) groups excluding carboxylic acids is 1. The number of halogens is 1. The van der Waals surface area contributed by atoms with Crippen molar-refractivity contribution in [3.63, 3.8) is 0 Å². The molecule has 1 amide bonds. The largest absolute Gasteiger partial charge is 0.478 e. The van der Waals surface area contributed by atoms with Crippen molar-refractivity contribution in [1.29, 1.82) is 0 Å². The maximum atomic E-state index is 12.0. The van der Waals surface area contributed by atoms with E-state index in [0.717, 1.165) is 4.88 Å². The molecule has 0 aliphatic rings. The van der Waals surface area contributed by atoms with Crippen molar-refractivity contribution < 1.29 is 14.7 Å². The topological polar surface area (TPSA) is 79.3 Å². The average molecular weight is 341 g/mol. The standard InChI is InChI=1S/C12H9BrN2O3S/c1-6-5-7(12(17)18)11(19-6)15-10(16)8-3-2-4-9(13)14-8/h2-5H,1H3,(H,15,16)(H,17,18). The van der Waals surface area contributed by atoms with Crippen LogP contribution in [0.5, 0.6) is 0 Å². The van der Waals surface area contributed by atoms with Gasteiger partial charge in [-0.25, -0.2) is 9.78 Å². The zero-order valence-electron chi connectivity index (χ0n) is 9.81. The summed E-state index contributed by atoms with van der Waals surface area (Å²) in [4.78, 5) is 27.8. The van der Waals surface area contributed by atoms with Crippen LogP contribution in [0.4, 0.5) is 5.00 Å². The summed E-state index contributed by atoms with van der Waals surface area (Å²) >= 11 is 4.39. The number of thiophene rings is 1. The van der Waals surface area contributed by atoms with E-state index in [1.165, 1.54) is 17.4 Å². The molecular weight excluding hydrogens is 332 g/mol. The van der Waals surface area contributed by atoms with Gasteiger partial charge in [-0.1, -0.05) is 6.07 Å². The zero-order chi connectivity index (χ0) is 14.0. The Morgan fingerprint density at radius 1 is 1.42 bits per heavy atom. The molecule has 0 fully saturated rings. The highest BCUT2D eigenvalue weighted by molar-refractivity contribution is 9.10. The second-order valence-corrected chi connectivity index (χ2v) is 5.77. The molecule has 0 aromatic carbocycles. The summed E-state index contributed by atoms with van der Waals surface area (Å²) in [5.41, 5.74) is 0.308. The number of aryl methyl sites for hydroxylation is 1. The number of carboxylic acids is 1. The third kappa shape index (κ3) is 3.18. The summed E-state index contributed by atoms with van der Waals surface area (Å²) in [5.74, 6) is -1.51. The lowest BCUT2D eigenvalue weighted by atomic mass is 10.3. The fraction of sp³-hybridized carbons (Fsp3) is 0.0833. The van der Waals surface area contributed by atoms with Crippen molar-refractivity contribution in [3.05, 3.63) is 45.0 Å². The third-order valence-corrected chi connectivity index (χ3v) is 3.67. The van der Waals surface area contributed by atoms with Crippen LogP contribution in [0.15, 0.2) is 28.9 Å². The van der Waals surface area contributed by atoms with Gasteiger partial charge in [0.2, 0.25) is 0 Å². The Morgan fingerprint density at radius 2 is 2.16 bits per heavy atom. The number of carboxylic acid groups (broad SMARTS) is 1. The number of hydrogen-bond acceptors (Lipinski definition) is 4. The van der Waals surface area contributed by atoms with Gasteiger partial charge < -0.3 is 10.4 Å². The average Bonchev–Trinajstić information content (AvgIpc) is 2.70. The molecule has 2 aromatic rings. The second-order valence-electron chi connectivity index (χ2n) is 3.70. The van der Waals surface area contributed by atoms with E-state index in [0.29, 0.717) is 9.60 Å². The molecule has 2 aromatic heterocycles. The number of carbonyl (C=O) groups is 2. The maximum absolute atomic E-state index is 12.0. The molecule has 2 heterocycles. The SMILES string of the molecule is Cc1cc(C(=O)O)c(NC(=O)c2cccc(Br)n2)s1. The summed E-state index contributed by atoms with van der Waals surface area (Å²) in [6, 6.07) is 6.47. The highest BCUT2D eigenvalue weighted by Crippen LogP contribution is 2.27. The van der Waals surface area contributed by atoms with Crippen LogP contribution in [-0.4, -0.2) is 22.0 Å². The molecule has 0 spiro atoms. The quantitative estimate of drug-likeness (QED) is 0.841. The van der Waals surface area contributed by atoms with Gasteiger partial charge in [0.25, 0.3) is 5.91 Å². The van der Waals surface area contributed by atoms with Crippen LogP contribution in [0.3, 0.4) is 0 Å². The van der Waals surface area contributed by atoms with Crippen LogP contribution in [-0.2, 0) is 0 Å². The minimum atomic E-state index is -1.07. The van der Waals surface area contributed by atoms with Gasteiger partial charge in [0.1, 0.15) is 15.3 Å². The van der Waals surface area contributed by atoms with Gasteiger partial charge in [0.05, 0.1) is 5.56 Å². The minimum absolute atomic E-state index is 0.0887. The Labute approximate surface area is 121 Å². The monoisotopic (exact) mass is 340 g/mol. The van der Waals surface area contributed by atoms with E-state index in [-0.39, 0.29) is 11.3 Å². The molecule has 2 N–H and O–H groups in total. The molecule has 0 bridgehead atoms. The van der Waals surface area contributed by atoms with Crippen LogP contribution in [0.1, 0.15) is 25.7 Å². The van der Waals surface area contributed by atoms with Gasteiger partial charge in [-0.2, -0.15) is 0 Å². The third-order valence-electron chi connectivity index (χ3n) is 2.26. The van der Waals surface area contributed by atoms with E-state index in [2.05, 4.69) is 26.2 Å². The highest BCUT2D eigenvalue weighted by Gasteiger charge is 2.17. The van der Waals surface area contributed by atoms with Gasteiger partial charge >= 0.3 is 5.97 Å². The van der Waals surface area contributed by atoms with Gasteiger partial charge in [0.15, 0.2) is 0 Å². The van der Waals surface area contributed by atoms with Gasteiger partial charge in [0, 0.05) is 4.88 Å². The van der Waals surface area contributed by atoms with E-state index < -0.39 is 11.9 Å². The molecule has 0 aliphatic carbocycles. The van der Waals surface area contributed by atoms with E-state index in [1.54, 1.807) is 25.1 Å². The number of anilines is 1.